The van der Waals surface area contributed by atoms with Crippen LogP contribution in [0, 0.1) is 23.7 Å². The minimum atomic E-state index is -0.911. The van der Waals surface area contributed by atoms with Gasteiger partial charge in [0.15, 0.2) is 0 Å². The number of fused-ring (bicyclic) bond motifs is 2. The van der Waals surface area contributed by atoms with Crippen LogP contribution in [0.2, 0.25) is 0 Å². The molecule has 0 saturated heterocycles. The zero-order valence-corrected chi connectivity index (χ0v) is 11.7. The highest BCUT2D eigenvalue weighted by atomic mass is 16.5. The number of methoxy groups -OCH3 is 1. The first-order chi connectivity index (χ1) is 9.45. The molecule has 1 fully saturated rings. The van der Waals surface area contributed by atoms with Crippen LogP contribution in [0.3, 0.4) is 0 Å². The van der Waals surface area contributed by atoms with E-state index in [1.165, 1.54) is 12.0 Å². The number of carboxylic acids is 1. The van der Waals surface area contributed by atoms with E-state index in [2.05, 4.69) is 0 Å². The highest BCUT2D eigenvalue weighted by molar-refractivity contribution is 5.86. The number of allylic oxidation sites excluding steroid dienone is 2. The average Bonchev–Trinajstić information content (AvgIpc) is 2.97. The Bertz CT molecular complexity index is 422. The number of carboxylic acid groups (broad SMARTS) is 1. The summed E-state index contributed by atoms with van der Waals surface area (Å²) in [5.41, 5.74) is 0. The minimum Gasteiger partial charge on any atom is -0.481 e. The first-order valence-corrected chi connectivity index (χ1v) is 6.78. The van der Waals surface area contributed by atoms with Crippen molar-refractivity contribution in [3.8, 4) is 0 Å². The second-order valence-corrected chi connectivity index (χ2v) is 5.67. The van der Waals surface area contributed by atoms with E-state index < -0.39 is 23.9 Å². The molecule has 6 heteroatoms. The zero-order chi connectivity index (χ0) is 14.9. The van der Waals surface area contributed by atoms with Gasteiger partial charge >= 0.3 is 5.97 Å². The number of amides is 1. The summed E-state index contributed by atoms with van der Waals surface area (Å²) in [5, 5.41) is 19.0. The highest BCUT2D eigenvalue weighted by Crippen LogP contribution is 2.48. The van der Waals surface area contributed by atoms with Crippen molar-refractivity contribution in [1.29, 1.82) is 0 Å². The van der Waals surface area contributed by atoms with E-state index in [0.29, 0.717) is 0 Å². The second kappa shape index (κ2) is 5.93. The van der Waals surface area contributed by atoms with E-state index >= 15 is 0 Å². The number of likely N-dealkylation sites (N-methyl/N-ethyl adjacent to an activating group) is 1. The Balaban J connectivity index is 2.04. The molecule has 1 amide bonds. The van der Waals surface area contributed by atoms with Crippen LogP contribution in [0.4, 0.5) is 0 Å². The summed E-state index contributed by atoms with van der Waals surface area (Å²) in [7, 11) is 3.07. The summed E-state index contributed by atoms with van der Waals surface area (Å²) in [4.78, 5) is 25.3. The quantitative estimate of drug-likeness (QED) is 0.669. The fourth-order valence-corrected chi connectivity index (χ4v) is 3.40. The van der Waals surface area contributed by atoms with Gasteiger partial charge in [0.25, 0.3) is 0 Å². The van der Waals surface area contributed by atoms with Gasteiger partial charge in [-0.15, -0.1) is 0 Å². The Morgan fingerprint density at radius 2 is 1.95 bits per heavy atom. The highest BCUT2D eigenvalue weighted by Gasteiger charge is 2.52. The van der Waals surface area contributed by atoms with Crippen molar-refractivity contribution in [3.05, 3.63) is 12.2 Å². The summed E-state index contributed by atoms with van der Waals surface area (Å²) < 4.78 is 4.83. The van der Waals surface area contributed by atoms with Crippen LogP contribution in [0.25, 0.3) is 0 Å². The number of rotatable bonds is 6. The SMILES string of the molecule is COCC(O)CN(C)C(=O)C1C2C=CC(C2)C1C(=O)O. The van der Waals surface area contributed by atoms with Crippen molar-refractivity contribution in [1.82, 2.24) is 4.90 Å². The molecule has 0 aromatic carbocycles. The molecule has 0 radical (unpaired) electrons. The summed E-state index contributed by atoms with van der Waals surface area (Å²) in [6.45, 7) is 0.299. The van der Waals surface area contributed by atoms with Crippen molar-refractivity contribution < 1.29 is 24.5 Å². The minimum absolute atomic E-state index is 0.00983. The van der Waals surface area contributed by atoms with Crippen LogP contribution in [-0.4, -0.2) is 60.4 Å². The van der Waals surface area contributed by atoms with Gasteiger partial charge in [0.05, 0.1) is 24.5 Å². The number of aliphatic hydroxyl groups is 1. The molecule has 20 heavy (non-hydrogen) atoms. The maximum Gasteiger partial charge on any atom is 0.307 e. The fourth-order valence-electron chi connectivity index (χ4n) is 3.40. The smallest absolute Gasteiger partial charge is 0.307 e. The molecule has 0 aliphatic heterocycles. The monoisotopic (exact) mass is 283 g/mol. The molecular formula is C14H21NO5. The third kappa shape index (κ3) is 2.71. The maximum atomic E-state index is 12.5. The van der Waals surface area contributed by atoms with Gasteiger partial charge in [-0.3, -0.25) is 9.59 Å². The van der Waals surface area contributed by atoms with Gasteiger partial charge in [-0.25, -0.2) is 0 Å². The molecule has 5 atom stereocenters. The van der Waals surface area contributed by atoms with Gasteiger partial charge < -0.3 is 19.8 Å². The second-order valence-electron chi connectivity index (χ2n) is 5.67. The van der Waals surface area contributed by atoms with Crippen LogP contribution < -0.4 is 0 Å². The largest absolute Gasteiger partial charge is 0.481 e. The molecule has 6 nitrogen and oxygen atoms in total. The predicted octanol–water partition coefficient (Wildman–Crippen LogP) is -0.0250. The summed E-state index contributed by atoms with van der Waals surface area (Å²) in [6.07, 6.45) is 3.84. The molecule has 0 spiro atoms. The number of hydrogen-bond donors (Lipinski definition) is 2. The molecule has 0 heterocycles. The number of aliphatic hydroxyl groups excluding tert-OH is 1. The number of carbonyl (C=O) groups is 2. The number of nitrogens with zero attached hydrogens (tertiary/aromatic N) is 1. The molecule has 0 aromatic heterocycles. The van der Waals surface area contributed by atoms with Crippen LogP contribution >= 0.6 is 0 Å². The molecule has 2 aliphatic rings. The number of ether oxygens (including phenoxy) is 1. The standard InChI is InChI=1S/C14H21NO5/c1-15(6-10(16)7-20-2)13(17)11-8-3-4-9(5-8)12(11)14(18)19/h3-4,8-12,16H,5-7H2,1-2H3,(H,18,19). The van der Waals surface area contributed by atoms with E-state index in [4.69, 9.17) is 4.74 Å². The summed E-state index contributed by atoms with van der Waals surface area (Å²) >= 11 is 0. The third-order valence-electron chi connectivity index (χ3n) is 4.25. The van der Waals surface area contributed by atoms with E-state index in [1.807, 2.05) is 12.2 Å². The number of hydrogen-bond acceptors (Lipinski definition) is 4. The molecule has 2 bridgehead atoms. The lowest BCUT2D eigenvalue weighted by atomic mass is 9.82. The topological polar surface area (TPSA) is 87.1 Å². The molecule has 2 rings (SSSR count). The van der Waals surface area contributed by atoms with Gasteiger partial charge in [0.1, 0.15) is 0 Å². The Morgan fingerprint density at radius 1 is 1.35 bits per heavy atom. The molecule has 1 saturated carbocycles. The first kappa shape index (κ1) is 15.0. The van der Waals surface area contributed by atoms with E-state index in [1.54, 1.807) is 7.05 Å². The molecule has 5 unspecified atom stereocenters. The summed E-state index contributed by atoms with van der Waals surface area (Å²) in [6, 6.07) is 0. The van der Waals surface area contributed by atoms with Crippen molar-refractivity contribution in [2.75, 3.05) is 27.3 Å². The lowest BCUT2D eigenvalue weighted by molar-refractivity contribution is -0.151. The molecule has 0 aromatic rings. The van der Waals surface area contributed by atoms with Crippen molar-refractivity contribution in [2.45, 2.75) is 12.5 Å². The third-order valence-corrected chi connectivity index (χ3v) is 4.25. The lowest BCUT2D eigenvalue weighted by Crippen LogP contribution is -2.44. The van der Waals surface area contributed by atoms with Gasteiger partial charge in [0, 0.05) is 20.7 Å². The van der Waals surface area contributed by atoms with Crippen LogP contribution in [0.1, 0.15) is 6.42 Å². The van der Waals surface area contributed by atoms with Crippen molar-refractivity contribution in [3.63, 3.8) is 0 Å². The summed E-state index contributed by atoms with van der Waals surface area (Å²) in [5.74, 6) is -2.29. The number of carbonyl (C=O) groups excluding carboxylic acids is 1. The van der Waals surface area contributed by atoms with E-state index in [-0.39, 0.29) is 30.9 Å². The van der Waals surface area contributed by atoms with Crippen molar-refractivity contribution in [2.24, 2.45) is 23.7 Å². The zero-order valence-electron chi connectivity index (χ0n) is 11.7. The lowest BCUT2D eigenvalue weighted by Gasteiger charge is -2.29. The molecule has 112 valence electrons. The molecule has 2 aliphatic carbocycles. The molecule has 2 N–H and O–H groups in total. The first-order valence-electron chi connectivity index (χ1n) is 6.78. The van der Waals surface area contributed by atoms with Gasteiger partial charge in [-0.1, -0.05) is 12.2 Å². The fraction of sp³-hybridized carbons (Fsp3) is 0.714. The van der Waals surface area contributed by atoms with E-state index in [9.17, 15) is 19.8 Å². The van der Waals surface area contributed by atoms with Crippen molar-refractivity contribution >= 4 is 11.9 Å². The predicted molar refractivity (Wildman–Crippen MR) is 70.9 cm³/mol. The van der Waals surface area contributed by atoms with Gasteiger partial charge in [-0.2, -0.15) is 0 Å². The Labute approximate surface area is 118 Å². The Morgan fingerprint density at radius 3 is 2.50 bits per heavy atom. The van der Waals surface area contributed by atoms with Gasteiger partial charge in [-0.05, 0) is 18.3 Å². The maximum absolute atomic E-state index is 12.5. The number of aliphatic carboxylic acids is 1. The molecular weight excluding hydrogens is 262 g/mol. The van der Waals surface area contributed by atoms with Gasteiger partial charge in [0.2, 0.25) is 5.91 Å². The van der Waals surface area contributed by atoms with E-state index in [0.717, 1.165) is 6.42 Å². The van der Waals surface area contributed by atoms with Crippen LogP contribution in [0.15, 0.2) is 12.2 Å². The Hall–Kier alpha value is -1.40. The normalized spacial score (nSPS) is 32.4. The average molecular weight is 283 g/mol. The van der Waals surface area contributed by atoms with Crippen LogP contribution in [0.5, 0.6) is 0 Å². The Kier molecular flexibility index (Phi) is 4.45. The van der Waals surface area contributed by atoms with Crippen LogP contribution in [-0.2, 0) is 14.3 Å².